The number of hydrogen-bond donors (Lipinski definition) is 1. The molecule has 0 unspecified atom stereocenters. The molecule has 1 N–H and O–H groups in total. The molecule has 7 heteroatoms. The van der Waals surface area contributed by atoms with Crippen molar-refractivity contribution in [3.8, 4) is 11.5 Å². The summed E-state index contributed by atoms with van der Waals surface area (Å²) in [6.07, 6.45) is 4.46. The molecule has 0 atom stereocenters. The molecule has 3 aliphatic heterocycles. The van der Waals surface area contributed by atoms with Gasteiger partial charge in [0.25, 0.3) is 0 Å². The van der Waals surface area contributed by atoms with Crippen LogP contribution in [-0.2, 0) is 10.2 Å². The van der Waals surface area contributed by atoms with E-state index in [1.807, 2.05) is 13.1 Å². The first kappa shape index (κ1) is 21.5. The molecule has 2 saturated heterocycles. The Balaban J connectivity index is 0.00000225. The minimum absolute atomic E-state index is 0. The van der Waals surface area contributed by atoms with E-state index in [2.05, 4.69) is 34.3 Å². The van der Waals surface area contributed by atoms with Gasteiger partial charge < -0.3 is 24.4 Å². The van der Waals surface area contributed by atoms with Crippen LogP contribution in [0.5, 0.6) is 11.5 Å². The summed E-state index contributed by atoms with van der Waals surface area (Å²) >= 11 is 0. The largest absolute Gasteiger partial charge is 0.454 e. The van der Waals surface area contributed by atoms with E-state index in [1.165, 1.54) is 18.4 Å². The number of piperidine rings is 1. The van der Waals surface area contributed by atoms with E-state index in [1.54, 1.807) is 0 Å². The van der Waals surface area contributed by atoms with Gasteiger partial charge in [-0.25, -0.2) is 0 Å². The Bertz CT molecular complexity index is 683. The summed E-state index contributed by atoms with van der Waals surface area (Å²) in [4.78, 5) is 6.95. The molecule has 156 valence electrons. The molecule has 2 fully saturated rings. The number of nitrogens with one attached hydrogen (secondary N) is 1. The third kappa shape index (κ3) is 4.50. The predicted octanol–water partition coefficient (Wildman–Crippen LogP) is 3.39. The second-order valence-corrected chi connectivity index (χ2v) is 8.03. The van der Waals surface area contributed by atoms with Crippen LogP contribution in [0.3, 0.4) is 0 Å². The minimum Gasteiger partial charge on any atom is -0.454 e. The molecule has 1 aromatic carbocycles. The first-order valence-corrected chi connectivity index (χ1v) is 10.1. The maximum absolute atomic E-state index is 5.68. The van der Waals surface area contributed by atoms with Crippen molar-refractivity contribution in [3.63, 3.8) is 0 Å². The van der Waals surface area contributed by atoms with Crippen molar-refractivity contribution in [1.82, 2.24) is 10.2 Å². The molecule has 0 aromatic heterocycles. The zero-order chi connectivity index (χ0) is 18.7. The Labute approximate surface area is 185 Å². The van der Waals surface area contributed by atoms with Crippen LogP contribution in [-0.4, -0.2) is 57.5 Å². The van der Waals surface area contributed by atoms with E-state index in [9.17, 15) is 0 Å². The first-order chi connectivity index (χ1) is 13.2. The molecule has 3 heterocycles. The Morgan fingerprint density at radius 2 is 1.89 bits per heavy atom. The average Bonchev–Trinajstić information content (AvgIpc) is 3.18. The van der Waals surface area contributed by atoms with Crippen LogP contribution in [0.1, 0.15) is 38.2 Å². The van der Waals surface area contributed by atoms with Crippen LogP contribution in [0.25, 0.3) is 0 Å². The van der Waals surface area contributed by atoms with E-state index in [4.69, 9.17) is 14.2 Å². The number of nitrogens with zero attached hydrogens (tertiary/aromatic N) is 2. The number of ether oxygens (including phenoxy) is 3. The van der Waals surface area contributed by atoms with Gasteiger partial charge in [-0.1, -0.05) is 13.0 Å². The summed E-state index contributed by atoms with van der Waals surface area (Å²) in [5.74, 6) is 3.53. The minimum atomic E-state index is 0. The number of halogens is 1. The molecular weight excluding hydrogens is 469 g/mol. The highest BCUT2D eigenvalue weighted by atomic mass is 127. The van der Waals surface area contributed by atoms with Gasteiger partial charge in [0.05, 0.1) is 0 Å². The van der Waals surface area contributed by atoms with Crippen molar-refractivity contribution in [2.75, 3.05) is 46.7 Å². The topological polar surface area (TPSA) is 55.3 Å². The lowest BCUT2D eigenvalue weighted by atomic mass is 9.74. The third-order valence-electron chi connectivity index (χ3n) is 6.31. The highest BCUT2D eigenvalue weighted by Gasteiger charge is 2.36. The molecule has 0 radical (unpaired) electrons. The molecule has 0 amide bonds. The van der Waals surface area contributed by atoms with Gasteiger partial charge in [0.2, 0.25) is 6.79 Å². The Hall–Kier alpha value is -1.22. The van der Waals surface area contributed by atoms with Gasteiger partial charge in [0.15, 0.2) is 17.5 Å². The zero-order valence-electron chi connectivity index (χ0n) is 16.9. The first-order valence-electron chi connectivity index (χ1n) is 10.1. The predicted molar refractivity (Wildman–Crippen MR) is 121 cm³/mol. The summed E-state index contributed by atoms with van der Waals surface area (Å²) in [6, 6.07) is 6.38. The normalized spacial score (nSPS) is 21.9. The highest BCUT2D eigenvalue weighted by Crippen LogP contribution is 2.40. The molecule has 1 aromatic rings. The maximum Gasteiger partial charge on any atom is 0.231 e. The van der Waals surface area contributed by atoms with Crippen molar-refractivity contribution in [2.45, 2.75) is 38.0 Å². The second-order valence-electron chi connectivity index (χ2n) is 8.03. The lowest BCUT2D eigenvalue weighted by molar-refractivity contribution is 0.0510. The van der Waals surface area contributed by atoms with Crippen molar-refractivity contribution in [1.29, 1.82) is 0 Å². The van der Waals surface area contributed by atoms with Crippen molar-refractivity contribution < 1.29 is 14.2 Å². The smallest absolute Gasteiger partial charge is 0.231 e. The molecule has 0 spiro atoms. The van der Waals surface area contributed by atoms with Gasteiger partial charge in [0, 0.05) is 45.3 Å². The molecule has 0 saturated carbocycles. The highest BCUT2D eigenvalue weighted by molar-refractivity contribution is 14.0. The van der Waals surface area contributed by atoms with Crippen LogP contribution in [0.15, 0.2) is 23.2 Å². The Morgan fingerprint density at radius 3 is 2.61 bits per heavy atom. The fraction of sp³-hybridized carbons (Fsp3) is 0.667. The van der Waals surface area contributed by atoms with Crippen LogP contribution in [0.2, 0.25) is 0 Å². The summed E-state index contributed by atoms with van der Waals surface area (Å²) in [6.45, 7) is 7.25. The SMILES string of the molecule is CN=C(NCC1(c2ccc3c(c2)OCO3)CCOCC1)N1CCC(C)CC1.I. The molecule has 3 aliphatic rings. The number of guanidine groups is 1. The third-order valence-corrected chi connectivity index (χ3v) is 6.31. The Kier molecular flexibility index (Phi) is 7.31. The fourth-order valence-corrected chi connectivity index (χ4v) is 4.36. The Morgan fingerprint density at radius 1 is 1.18 bits per heavy atom. The summed E-state index contributed by atoms with van der Waals surface area (Å²) in [5, 5.41) is 3.68. The molecule has 0 bridgehead atoms. The number of likely N-dealkylation sites (tertiary alicyclic amines) is 1. The van der Waals surface area contributed by atoms with Crippen molar-refractivity contribution in [2.24, 2.45) is 10.9 Å². The summed E-state index contributed by atoms with van der Waals surface area (Å²) < 4.78 is 16.8. The van der Waals surface area contributed by atoms with Gasteiger partial charge in [-0.05, 0) is 49.3 Å². The lowest BCUT2D eigenvalue weighted by Crippen LogP contribution is -2.51. The number of fused-ring (bicyclic) bond motifs is 1. The fourth-order valence-electron chi connectivity index (χ4n) is 4.36. The summed E-state index contributed by atoms with van der Waals surface area (Å²) in [5.41, 5.74) is 1.32. The van der Waals surface area contributed by atoms with Crippen LogP contribution >= 0.6 is 24.0 Å². The second kappa shape index (κ2) is 9.52. The van der Waals surface area contributed by atoms with Gasteiger partial charge in [-0.3, -0.25) is 4.99 Å². The zero-order valence-corrected chi connectivity index (χ0v) is 19.2. The van der Waals surface area contributed by atoms with Crippen LogP contribution in [0.4, 0.5) is 0 Å². The number of benzene rings is 1. The maximum atomic E-state index is 5.68. The number of aliphatic imine (C=N–C) groups is 1. The van der Waals surface area contributed by atoms with Gasteiger partial charge in [0.1, 0.15) is 0 Å². The number of hydrogen-bond acceptors (Lipinski definition) is 4. The summed E-state index contributed by atoms with van der Waals surface area (Å²) in [7, 11) is 1.89. The van der Waals surface area contributed by atoms with E-state index < -0.39 is 0 Å². The molecule has 0 aliphatic carbocycles. The molecular formula is C21H32IN3O3. The van der Waals surface area contributed by atoms with E-state index >= 15 is 0 Å². The standard InChI is InChI=1S/C21H31N3O3.HI/c1-16-5-9-24(10-6-16)20(22-2)23-14-21(7-11-25-12-8-21)17-3-4-18-19(13-17)27-15-26-18;/h3-4,13,16H,5-12,14-15H2,1-2H3,(H,22,23);1H. The quantitative estimate of drug-likeness (QED) is 0.391. The van der Waals surface area contributed by atoms with Gasteiger partial charge in [-0.15, -0.1) is 24.0 Å². The molecule has 6 nitrogen and oxygen atoms in total. The molecule has 28 heavy (non-hydrogen) atoms. The number of rotatable bonds is 3. The van der Waals surface area contributed by atoms with Gasteiger partial charge in [-0.2, -0.15) is 0 Å². The van der Waals surface area contributed by atoms with E-state index in [0.717, 1.165) is 69.1 Å². The van der Waals surface area contributed by atoms with Crippen molar-refractivity contribution >= 4 is 29.9 Å². The van der Waals surface area contributed by atoms with Crippen molar-refractivity contribution in [3.05, 3.63) is 23.8 Å². The van der Waals surface area contributed by atoms with E-state index in [-0.39, 0.29) is 29.4 Å². The van der Waals surface area contributed by atoms with Crippen LogP contribution in [0, 0.1) is 5.92 Å². The van der Waals surface area contributed by atoms with Gasteiger partial charge >= 0.3 is 0 Å². The monoisotopic (exact) mass is 501 g/mol. The lowest BCUT2D eigenvalue weighted by Gasteiger charge is -2.40. The average molecular weight is 501 g/mol. The molecule has 4 rings (SSSR count). The van der Waals surface area contributed by atoms with E-state index in [0.29, 0.717) is 6.79 Å². The van der Waals surface area contributed by atoms with Crippen LogP contribution < -0.4 is 14.8 Å².